The molecule has 1 unspecified atom stereocenters. The molecule has 0 aliphatic rings. The fraction of sp³-hybridized carbons (Fsp3) is 0.235. The lowest BCUT2D eigenvalue weighted by Gasteiger charge is -2.08. The van der Waals surface area contributed by atoms with Crippen molar-refractivity contribution in [1.82, 2.24) is 15.0 Å². The fourth-order valence-corrected chi connectivity index (χ4v) is 2.79. The number of amides is 1. The molecule has 0 spiro atoms. The number of H-pyrrole nitrogens is 1. The molecule has 7 nitrogen and oxygen atoms in total. The SMILES string of the molecule is CC(C)OC(=O)Nc1cnc2nc(-c3ccc(S(C)=O)cc3)[nH]c2c1. The molecule has 1 atom stereocenters. The molecule has 3 rings (SSSR count). The smallest absolute Gasteiger partial charge is 0.411 e. The maximum atomic E-state index is 11.7. The highest BCUT2D eigenvalue weighted by Crippen LogP contribution is 2.22. The van der Waals surface area contributed by atoms with Crippen LogP contribution < -0.4 is 5.32 Å². The molecular weight excluding hydrogens is 340 g/mol. The van der Waals surface area contributed by atoms with E-state index < -0.39 is 16.9 Å². The molecular formula is C17H18N4O3S. The number of aromatic nitrogens is 3. The topological polar surface area (TPSA) is 97.0 Å². The maximum Gasteiger partial charge on any atom is 0.411 e. The van der Waals surface area contributed by atoms with Crippen LogP contribution in [-0.2, 0) is 15.5 Å². The van der Waals surface area contributed by atoms with Gasteiger partial charge in [0.05, 0.1) is 23.5 Å². The quantitative estimate of drug-likeness (QED) is 0.746. The van der Waals surface area contributed by atoms with Gasteiger partial charge in [-0.05, 0) is 32.0 Å². The van der Waals surface area contributed by atoms with E-state index in [9.17, 15) is 9.00 Å². The Morgan fingerprint density at radius 2 is 2.00 bits per heavy atom. The summed E-state index contributed by atoms with van der Waals surface area (Å²) in [6.45, 7) is 3.56. The number of rotatable bonds is 4. The Labute approximate surface area is 147 Å². The highest BCUT2D eigenvalue weighted by atomic mass is 32.2. The van der Waals surface area contributed by atoms with Gasteiger partial charge in [-0.1, -0.05) is 12.1 Å². The van der Waals surface area contributed by atoms with Gasteiger partial charge in [-0.3, -0.25) is 9.53 Å². The number of ether oxygens (including phenoxy) is 1. The highest BCUT2D eigenvalue weighted by Gasteiger charge is 2.10. The number of imidazole rings is 1. The van der Waals surface area contributed by atoms with Crippen LogP contribution in [0.4, 0.5) is 10.5 Å². The van der Waals surface area contributed by atoms with Crippen LogP contribution in [0.15, 0.2) is 41.4 Å². The predicted molar refractivity (Wildman–Crippen MR) is 96.9 cm³/mol. The largest absolute Gasteiger partial charge is 0.447 e. The van der Waals surface area contributed by atoms with Crippen LogP contribution in [-0.4, -0.2) is 37.6 Å². The summed E-state index contributed by atoms with van der Waals surface area (Å²) in [5.41, 5.74) is 2.62. The first-order valence-electron chi connectivity index (χ1n) is 7.69. The van der Waals surface area contributed by atoms with Crippen molar-refractivity contribution in [3.8, 4) is 11.4 Å². The Hall–Kier alpha value is -2.74. The molecule has 0 saturated heterocycles. The number of nitrogens with one attached hydrogen (secondary N) is 2. The van der Waals surface area contributed by atoms with Crippen LogP contribution >= 0.6 is 0 Å². The molecule has 0 aliphatic heterocycles. The Bertz CT molecular complexity index is 935. The van der Waals surface area contributed by atoms with Crippen LogP contribution in [0.1, 0.15) is 13.8 Å². The van der Waals surface area contributed by atoms with Gasteiger partial charge in [-0.15, -0.1) is 0 Å². The summed E-state index contributed by atoms with van der Waals surface area (Å²) < 4.78 is 16.5. The summed E-state index contributed by atoms with van der Waals surface area (Å²) in [5.74, 6) is 0.651. The van der Waals surface area contributed by atoms with Gasteiger partial charge in [0, 0.05) is 27.5 Å². The van der Waals surface area contributed by atoms with Crippen LogP contribution in [0.3, 0.4) is 0 Å². The number of benzene rings is 1. The number of aromatic amines is 1. The minimum Gasteiger partial charge on any atom is -0.447 e. The molecule has 1 amide bonds. The van der Waals surface area contributed by atoms with Gasteiger partial charge in [-0.25, -0.2) is 14.8 Å². The minimum absolute atomic E-state index is 0.198. The highest BCUT2D eigenvalue weighted by molar-refractivity contribution is 7.84. The molecule has 130 valence electrons. The number of fused-ring (bicyclic) bond motifs is 1. The predicted octanol–water partition coefficient (Wildman–Crippen LogP) is 3.32. The third kappa shape index (κ3) is 4.03. The van der Waals surface area contributed by atoms with E-state index in [4.69, 9.17) is 4.74 Å². The Balaban J connectivity index is 1.85. The number of carbonyl (C=O) groups is 1. The lowest BCUT2D eigenvalue weighted by atomic mass is 10.2. The summed E-state index contributed by atoms with van der Waals surface area (Å²) in [6.07, 6.45) is 2.44. The van der Waals surface area contributed by atoms with E-state index >= 15 is 0 Å². The molecule has 8 heteroatoms. The van der Waals surface area contributed by atoms with Crippen molar-refractivity contribution in [3.63, 3.8) is 0 Å². The van der Waals surface area contributed by atoms with E-state index in [1.807, 2.05) is 12.1 Å². The van der Waals surface area contributed by atoms with E-state index in [1.54, 1.807) is 38.3 Å². The molecule has 25 heavy (non-hydrogen) atoms. The van der Waals surface area contributed by atoms with Crippen LogP contribution in [0, 0.1) is 0 Å². The molecule has 0 fully saturated rings. The number of anilines is 1. The van der Waals surface area contributed by atoms with Gasteiger partial charge in [0.15, 0.2) is 5.65 Å². The first kappa shape index (κ1) is 17.1. The van der Waals surface area contributed by atoms with Gasteiger partial charge in [0.2, 0.25) is 0 Å². The van der Waals surface area contributed by atoms with E-state index in [-0.39, 0.29) is 6.10 Å². The molecule has 2 aromatic heterocycles. The number of hydrogen-bond acceptors (Lipinski definition) is 5. The molecule has 0 aliphatic carbocycles. The summed E-state index contributed by atoms with van der Waals surface area (Å²) in [6, 6.07) is 9.07. The lowest BCUT2D eigenvalue weighted by Crippen LogP contribution is -2.18. The molecule has 2 heterocycles. The zero-order chi connectivity index (χ0) is 18.0. The van der Waals surface area contributed by atoms with Crippen molar-refractivity contribution in [3.05, 3.63) is 36.5 Å². The van der Waals surface area contributed by atoms with Gasteiger partial charge in [-0.2, -0.15) is 0 Å². The van der Waals surface area contributed by atoms with Crippen molar-refractivity contribution in [2.75, 3.05) is 11.6 Å². The summed E-state index contributed by atoms with van der Waals surface area (Å²) in [5, 5.41) is 2.63. The zero-order valence-electron chi connectivity index (χ0n) is 14.1. The lowest BCUT2D eigenvalue weighted by molar-refractivity contribution is 0.130. The third-order valence-electron chi connectivity index (χ3n) is 3.39. The standard InChI is InChI=1S/C17H18N4O3S/c1-10(2)24-17(22)19-12-8-14-16(18-9-12)21-15(20-14)11-4-6-13(7-5-11)25(3)23/h4-10H,1-3H3,(H,19,22)(H,18,20,21). The van der Waals surface area contributed by atoms with Crippen LogP contribution in [0.25, 0.3) is 22.6 Å². The van der Waals surface area contributed by atoms with E-state index in [0.717, 1.165) is 10.5 Å². The Morgan fingerprint density at radius 3 is 2.64 bits per heavy atom. The van der Waals surface area contributed by atoms with Crippen LogP contribution in [0.5, 0.6) is 0 Å². The monoisotopic (exact) mass is 358 g/mol. The maximum absolute atomic E-state index is 11.7. The summed E-state index contributed by atoms with van der Waals surface area (Å²) in [4.78, 5) is 24.3. The fourth-order valence-electron chi connectivity index (χ4n) is 2.27. The summed E-state index contributed by atoms with van der Waals surface area (Å²) >= 11 is 0. The van der Waals surface area contributed by atoms with Crippen molar-refractivity contribution in [1.29, 1.82) is 0 Å². The van der Waals surface area contributed by atoms with Gasteiger partial charge >= 0.3 is 6.09 Å². The minimum atomic E-state index is -1.02. The number of pyridine rings is 1. The Morgan fingerprint density at radius 1 is 1.28 bits per heavy atom. The van der Waals surface area contributed by atoms with Crippen molar-refractivity contribution in [2.45, 2.75) is 24.8 Å². The number of hydrogen-bond donors (Lipinski definition) is 2. The average molecular weight is 358 g/mol. The Kier molecular flexibility index (Phi) is 4.80. The van der Waals surface area contributed by atoms with E-state index in [0.29, 0.717) is 22.7 Å². The first-order valence-corrected chi connectivity index (χ1v) is 9.25. The zero-order valence-corrected chi connectivity index (χ0v) is 14.9. The van der Waals surface area contributed by atoms with E-state index in [1.165, 1.54) is 6.20 Å². The third-order valence-corrected chi connectivity index (χ3v) is 4.32. The molecule has 0 radical (unpaired) electrons. The van der Waals surface area contributed by atoms with Gasteiger partial charge in [0.25, 0.3) is 0 Å². The second-order valence-electron chi connectivity index (χ2n) is 5.74. The molecule has 0 bridgehead atoms. The van der Waals surface area contributed by atoms with Crippen LogP contribution in [0.2, 0.25) is 0 Å². The average Bonchev–Trinajstić information content (AvgIpc) is 2.97. The molecule has 2 N–H and O–H groups in total. The van der Waals surface area contributed by atoms with Crippen molar-refractivity contribution >= 4 is 33.7 Å². The second kappa shape index (κ2) is 7.02. The number of carbonyl (C=O) groups excluding carboxylic acids is 1. The number of nitrogens with zero attached hydrogens (tertiary/aromatic N) is 2. The van der Waals surface area contributed by atoms with Crippen molar-refractivity contribution < 1.29 is 13.7 Å². The van der Waals surface area contributed by atoms with Gasteiger partial charge < -0.3 is 9.72 Å². The van der Waals surface area contributed by atoms with E-state index in [2.05, 4.69) is 20.3 Å². The normalized spacial score (nSPS) is 12.3. The molecule has 1 aromatic carbocycles. The first-order chi connectivity index (χ1) is 11.9. The molecule has 0 saturated carbocycles. The summed E-state index contributed by atoms with van der Waals surface area (Å²) in [7, 11) is -1.02. The molecule has 3 aromatic rings. The van der Waals surface area contributed by atoms with Gasteiger partial charge in [0.1, 0.15) is 5.82 Å². The van der Waals surface area contributed by atoms with Crippen molar-refractivity contribution in [2.24, 2.45) is 0 Å². The second-order valence-corrected chi connectivity index (χ2v) is 7.12.